The van der Waals surface area contributed by atoms with Crippen LogP contribution in [0.3, 0.4) is 0 Å². The standard InChI is InChI=1S/C32H54O4/c1-3-4-5-6-7-8-9-10-11-12-13-14-15-16-17-18-19-20-21-22-27-36-32(34)26-24-29-23-25-30(33)31(28-29)35-2/h23-26,28,33H,3-22,27H2,1-2H3/b26-24+. The van der Waals surface area contributed by atoms with Crippen LogP contribution in [0.5, 0.6) is 11.5 Å². The summed E-state index contributed by atoms with van der Waals surface area (Å²) in [6.45, 7) is 2.76. The average molecular weight is 503 g/mol. The topological polar surface area (TPSA) is 55.8 Å². The molecule has 0 aliphatic carbocycles. The molecule has 0 atom stereocenters. The number of carbonyl (C=O) groups is 1. The number of hydrogen-bond acceptors (Lipinski definition) is 4. The number of hydrogen-bond donors (Lipinski definition) is 1. The Balaban J connectivity index is 1.82. The number of unbranched alkanes of at least 4 members (excludes halogenated alkanes) is 19. The van der Waals surface area contributed by atoms with Crippen molar-refractivity contribution < 1.29 is 19.4 Å². The van der Waals surface area contributed by atoms with Crippen molar-refractivity contribution in [1.82, 2.24) is 0 Å². The first kappa shape index (κ1) is 32.1. The van der Waals surface area contributed by atoms with Gasteiger partial charge < -0.3 is 14.6 Å². The molecule has 0 spiro atoms. The summed E-state index contributed by atoms with van der Waals surface area (Å²) in [6, 6.07) is 4.95. The van der Waals surface area contributed by atoms with Gasteiger partial charge in [-0.3, -0.25) is 0 Å². The molecular weight excluding hydrogens is 448 g/mol. The second kappa shape index (κ2) is 23.4. The number of methoxy groups -OCH3 is 1. The Kier molecular flexibility index (Phi) is 20.9. The Hall–Kier alpha value is -1.97. The summed E-state index contributed by atoms with van der Waals surface area (Å²) < 4.78 is 10.3. The van der Waals surface area contributed by atoms with Gasteiger partial charge in [-0.25, -0.2) is 4.79 Å². The first-order valence-corrected chi connectivity index (χ1v) is 14.9. The molecule has 4 nitrogen and oxygen atoms in total. The second-order valence-corrected chi connectivity index (χ2v) is 10.1. The fourth-order valence-electron chi connectivity index (χ4n) is 4.54. The van der Waals surface area contributed by atoms with Crippen LogP contribution in [0.4, 0.5) is 0 Å². The van der Waals surface area contributed by atoms with Gasteiger partial charge in [0.15, 0.2) is 11.5 Å². The van der Waals surface area contributed by atoms with Crippen LogP contribution in [0.25, 0.3) is 6.08 Å². The van der Waals surface area contributed by atoms with Gasteiger partial charge in [-0.05, 0) is 30.2 Å². The second-order valence-electron chi connectivity index (χ2n) is 10.1. The quantitative estimate of drug-likeness (QED) is 0.0868. The zero-order valence-electron chi connectivity index (χ0n) is 23.4. The summed E-state index contributed by atoms with van der Waals surface area (Å²) in [7, 11) is 1.50. The normalized spacial score (nSPS) is 11.3. The summed E-state index contributed by atoms with van der Waals surface area (Å²) >= 11 is 0. The van der Waals surface area contributed by atoms with Crippen LogP contribution in [0.1, 0.15) is 141 Å². The van der Waals surface area contributed by atoms with E-state index < -0.39 is 0 Å². The van der Waals surface area contributed by atoms with Gasteiger partial charge in [-0.15, -0.1) is 0 Å². The van der Waals surface area contributed by atoms with Crippen LogP contribution < -0.4 is 4.74 Å². The molecule has 0 aliphatic rings. The zero-order chi connectivity index (χ0) is 26.1. The fraction of sp³-hybridized carbons (Fsp3) is 0.719. The van der Waals surface area contributed by atoms with E-state index in [0.717, 1.165) is 18.4 Å². The Morgan fingerprint density at radius 1 is 0.722 bits per heavy atom. The van der Waals surface area contributed by atoms with Gasteiger partial charge in [-0.1, -0.05) is 135 Å². The minimum atomic E-state index is -0.333. The molecule has 1 aromatic carbocycles. The van der Waals surface area contributed by atoms with Gasteiger partial charge in [0.1, 0.15) is 0 Å². The fourth-order valence-corrected chi connectivity index (χ4v) is 4.54. The minimum absolute atomic E-state index is 0.0804. The molecule has 1 rings (SSSR count). The maximum Gasteiger partial charge on any atom is 0.330 e. The van der Waals surface area contributed by atoms with Crippen LogP contribution >= 0.6 is 0 Å². The van der Waals surface area contributed by atoms with Gasteiger partial charge in [-0.2, -0.15) is 0 Å². The van der Waals surface area contributed by atoms with E-state index in [1.165, 1.54) is 129 Å². The van der Waals surface area contributed by atoms with Crippen molar-refractivity contribution >= 4 is 12.0 Å². The number of ether oxygens (including phenoxy) is 2. The number of benzene rings is 1. The molecule has 0 unspecified atom stereocenters. The lowest BCUT2D eigenvalue weighted by Crippen LogP contribution is -2.02. The van der Waals surface area contributed by atoms with Crippen molar-refractivity contribution in [2.75, 3.05) is 13.7 Å². The molecule has 0 aliphatic heterocycles. The van der Waals surface area contributed by atoms with Crippen LogP contribution in [0.2, 0.25) is 0 Å². The maximum atomic E-state index is 11.8. The monoisotopic (exact) mass is 502 g/mol. The molecule has 4 heteroatoms. The van der Waals surface area contributed by atoms with Crippen molar-refractivity contribution in [2.45, 2.75) is 135 Å². The third-order valence-electron chi connectivity index (χ3n) is 6.86. The number of rotatable bonds is 24. The Bertz CT molecular complexity index is 683. The van der Waals surface area contributed by atoms with E-state index in [0.29, 0.717) is 12.4 Å². The number of aromatic hydroxyl groups is 1. The molecule has 36 heavy (non-hydrogen) atoms. The molecule has 206 valence electrons. The molecule has 0 radical (unpaired) electrons. The van der Waals surface area contributed by atoms with E-state index >= 15 is 0 Å². The molecule has 0 fully saturated rings. The Morgan fingerprint density at radius 3 is 1.61 bits per heavy atom. The van der Waals surface area contributed by atoms with Crippen molar-refractivity contribution in [2.24, 2.45) is 0 Å². The van der Waals surface area contributed by atoms with Gasteiger partial charge in [0.25, 0.3) is 0 Å². The molecule has 1 N–H and O–H groups in total. The SMILES string of the molecule is CCCCCCCCCCCCCCCCCCCCCCOC(=O)/C=C/c1ccc(O)c(OC)c1. The highest BCUT2D eigenvalue weighted by Gasteiger charge is 2.02. The summed E-state index contributed by atoms with van der Waals surface area (Å²) in [5.41, 5.74) is 0.778. The summed E-state index contributed by atoms with van der Waals surface area (Å²) in [6.07, 6.45) is 30.3. The lowest BCUT2D eigenvalue weighted by atomic mass is 10.0. The first-order chi connectivity index (χ1) is 17.7. The Morgan fingerprint density at radius 2 is 1.17 bits per heavy atom. The zero-order valence-corrected chi connectivity index (χ0v) is 23.4. The lowest BCUT2D eigenvalue weighted by Gasteiger charge is -2.05. The third-order valence-corrected chi connectivity index (χ3v) is 6.86. The highest BCUT2D eigenvalue weighted by Crippen LogP contribution is 2.26. The molecule has 1 aromatic rings. The van der Waals surface area contributed by atoms with Gasteiger partial charge in [0.2, 0.25) is 0 Å². The van der Waals surface area contributed by atoms with Gasteiger partial charge >= 0.3 is 5.97 Å². The highest BCUT2D eigenvalue weighted by molar-refractivity contribution is 5.87. The van der Waals surface area contributed by atoms with Gasteiger partial charge in [0, 0.05) is 6.08 Å². The van der Waals surface area contributed by atoms with E-state index in [1.807, 2.05) is 0 Å². The smallest absolute Gasteiger partial charge is 0.330 e. The van der Waals surface area contributed by atoms with Crippen LogP contribution in [0.15, 0.2) is 24.3 Å². The number of phenolic OH excluding ortho intramolecular Hbond substituents is 1. The summed E-state index contributed by atoms with van der Waals surface area (Å²) in [5.74, 6) is 0.131. The predicted octanol–water partition coefficient (Wildman–Crippen LogP) is 9.78. The number of esters is 1. The first-order valence-electron chi connectivity index (χ1n) is 14.9. The number of carbonyl (C=O) groups excluding carboxylic acids is 1. The van der Waals surface area contributed by atoms with Gasteiger partial charge in [0.05, 0.1) is 13.7 Å². The van der Waals surface area contributed by atoms with E-state index in [1.54, 1.807) is 24.3 Å². The third kappa shape index (κ3) is 18.3. The van der Waals surface area contributed by atoms with E-state index in [9.17, 15) is 9.90 Å². The van der Waals surface area contributed by atoms with Crippen molar-refractivity contribution in [1.29, 1.82) is 0 Å². The highest BCUT2D eigenvalue weighted by atomic mass is 16.5. The molecular formula is C32H54O4. The molecule has 0 aromatic heterocycles. The van der Waals surface area contributed by atoms with Crippen LogP contribution in [0, 0.1) is 0 Å². The molecule has 0 heterocycles. The van der Waals surface area contributed by atoms with Crippen molar-refractivity contribution in [3.8, 4) is 11.5 Å². The summed E-state index contributed by atoms with van der Waals surface area (Å²) in [4.78, 5) is 11.8. The van der Waals surface area contributed by atoms with Crippen LogP contribution in [-0.2, 0) is 9.53 Å². The Labute approximate surface area is 221 Å². The molecule has 0 saturated heterocycles. The molecule has 0 amide bonds. The average Bonchev–Trinajstić information content (AvgIpc) is 2.89. The van der Waals surface area contributed by atoms with Crippen molar-refractivity contribution in [3.05, 3.63) is 29.8 Å². The minimum Gasteiger partial charge on any atom is -0.504 e. The van der Waals surface area contributed by atoms with Crippen LogP contribution in [-0.4, -0.2) is 24.8 Å². The predicted molar refractivity (Wildman–Crippen MR) is 153 cm³/mol. The largest absolute Gasteiger partial charge is 0.504 e. The number of phenols is 1. The molecule has 0 saturated carbocycles. The van der Waals surface area contributed by atoms with E-state index in [2.05, 4.69) is 6.92 Å². The van der Waals surface area contributed by atoms with E-state index in [-0.39, 0.29) is 11.7 Å². The van der Waals surface area contributed by atoms with Crippen molar-refractivity contribution in [3.63, 3.8) is 0 Å². The maximum absolute atomic E-state index is 11.8. The summed E-state index contributed by atoms with van der Waals surface area (Å²) in [5, 5.41) is 9.61. The molecule has 0 bridgehead atoms. The van der Waals surface area contributed by atoms with E-state index in [4.69, 9.17) is 9.47 Å². The lowest BCUT2D eigenvalue weighted by molar-refractivity contribution is -0.137.